The van der Waals surface area contributed by atoms with Crippen molar-refractivity contribution in [2.24, 2.45) is 0 Å². The van der Waals surface area contributed by atoms with Crippen LogP contribution in [0, 0.1) is 13.8 Å². The standard InChI is InChI=1S/C15H19N3/c1-11-6-7-15(12(2)9-11)13(3)16-10-14-5-4-8-17-18-14/h4-9,13,16H,10H2,1-3H3. The molecule has 0 fully saturated rings. The molecule has 1 unspecified atom stereocenters. The molecule has 0 bridgehead atoms. The second-order valence-corrected chi connectivity index (χ2v) is 4.68. The fourth-order valence-electron chi connectivity index (χ4n) is 2.11. The van der Waals surface area contributed by atoms with Gasteiger partial charge in [-0.1, -0.05) is 23.8 Å². The van der Waals surface area contributed by atoms with E-state index in [0.717, 1.165) is 12.2 Å². The Labute approximate surface area is 108 Å². The number of benzene rings is 1. The van der Waals surface area contributed by atoms with Gasteiger partial charge in [0.05, 0.1) is 5.69 Å². The molecule has 1 heterocycles. The molecule has 94 valence electrons. The molecule has 0 saturated carbocycles. The number of aromatic nitrogens is 2. The Bertz CT molecular complexity index is 508. The van der Waals surface area contributed by atoms with E-state index >= 15 is 0 Å². The lowest BCUT2D eigenvalue weighted by Crippen LogP contribution is -2.19. The monoisotopic (exact) mass is 241 g/mol. The zero-order valence-corrected chi connectivity index (χ0v) is 11.1. The van der Waals surface area contributed by atoms with E-state index in [1.807, 2.05) is 12.1 Å². The van der Waals surface area contributed by atoms with Gasteiger partial charge in [-0.2, -0.15) is 10.2 Å². The van der Waals surface area contributed by atoms with Crippen LogP contribution in [0.1, 0.15) is 35.3 Å². The number of aryl methyl sites for hydroxylation is 2. The highest BCUT2D eigenvalue weighted by Gasteiger charge is 2.08. The lowest BCUT2D eigenvalue weighted by Gasteiger charge is -2.16. The molecule has 0 amide bonds. The average molecular weight is 241 g/mol. The van der Waals surface area contributed by atoms with Crippen LogP contribution in [0.5, 0.6) is 0 Å². The number of nitrogens with one attached hydrogen (secondary N) is 1. The molecule has 1 N–H and O–H groups in total. The zero-order valence-electron chi connectivity index (χ0n) is 11.1. The zero-order chi connectivity index (χ0) is 13.0. The summed E-state index contributed by atoms with van der Waals surface area (Å²) >= 11 is 0. The molecule has 0 aliphatic rings. The van der Waals surface area contributed by atoms with Crippen molar-refractivity contribution in [1.82, 2.24) is 15.5 Å². The van der Waals surface area contributed by atoms with E-state index in [2.05, 4.69) is 54.5 Å². The smallest absolute Gasteiger partial charge is 0.0769 e. The van der Waals surface area contributed by atoms with Gasteiger partial charge in [0.2, 0.25) is 0 Å². The summed E-state index contributed by atoms with van der Waals surface area (Å²) in [6, 6.07) is 10.8. The van der Waals surface area contributed by atoms with Crippen molar-refractivity contribution in [3.63, 3.8) is 0 Å². The van der Waals surface area contributed by atoms with Gasteiger partial charge < -0.3 is 5.32 Å². The van der Waals surface area contributed by atoms with Crippen molar-refractivity contribution in [3.8, 4) is 0 Å². The van der Waals surface area contributed by atoms with E-state index < -0.39 is 0 Å². The Balaban J connectivity index is 2.01. The van der Waals surface area contributed by atoms with Crippen LogP contribution in [0.25, 0.3) is 0 Å². The fourth-order valence-corrected chi connectivity index (χ4v) is 2.11. The van der Waals surface area contributed by atoms with Gasteiger partial charge in [0, 0.05) is 18.8 Å². The molecule has 3 heteroatoms. The first-order valence-corrected chi connectivity index (χ1v) is 6.24. The van der Waals surface area contributed by atoms with Gasteiger partial charge in [-0.15, -0.1) is 0 Å². The molecular formula is C15H19N3. The van der Waals surface area contributed by atoms with Gasteiger partial charge in [0.1, 0.15) is 0 Å². The minimum atomic E-state index is 0.313. The lowest BCUT2D eigenvalue weighted by atomic mass is 10.0. The quantitative estimate of drug-likeness (QED) is 0.894. The predicted octanol–water partition coefficient (Wildman–Crippen LogP) is 2.94. The first-order chi connectivity index (χ1) is 8.66. The minimum absolute atomic E-state index is 0.313. The van der Waals surface area contributed by atoms with Gasteiger partial charge in [0.15, 0.2) is 0 Å². The van der Waals surface area contributed by atoms with Crippen molar-refractivity contribution >= 4 is 0 Å². The van der Waals surface area contributed by atoms with Crippen LogP contribution in [-0.2, 0) is 6.54 Å². The molecule has 0 aliphatic carbocycles. The summed E-state index contributed by atoms with van der Waals surface area (Å²) in [5.41, 5.74) is 4.94. The van der Waals surface area contributed by atoms with Gasteiger partial charge in [-0.05, 0) is 44.0 Å². The molecule has 2 rings (SSSR count). The number of hydrogen-bond acceptors (Lipinski definition) is 3. The minimum Gasteiger partial charge on any atom is -0.304 e. The molecule has 1 aromatic carbocycles. The van der Waals surface area contributed by atoms with Crippen LogP contribution in [0.2, 0.25) is 0 Å². The summed E-state index contributed by atoms with van der Waals surface area (Å²) < 4.78 is 0. The van der Waals surface area contributed by atoms with Crippen LogP contribution < -0.4 is 5.32 Å². The Morgan fingerprint density at radius 2 is 2.06 bits per heavy atom. The molecule has 0 aliphatic heterocycles. The maximum atomic E-state index is 4.07. The third-order valence-corrected chi connectivity index (χ3v) is 3.11. The maximum Gasteiger partial charge on any atom is 0.0769 e. The summed E-state index contributed by atoms with van der Waals surface area (Å²) in [5, 5.41) is 11.4. The molecule has 0 saturated heterocycles. The molecule has 1 atom stereocenters. The highest BCUT2D eigenvalue weighted by atomic mass is 15.1. The highest BCUT2D eigenvalue weighted by Crippen LogP contribution is 2.18. The van der Waals surface area contributed by atoms with Crippen molar-refractivity contribution in [1.29, 1.82) is 0 Å². The topological polar surface area (TPSA) is 37.8 Å². The van der Waals surface area contributed by atoms with Crippen LogP contribution in [0.3, 0.4) is 0 Å². The van der Waals surface area contributed by atoms with Crippen LogP contribution in [0.15, 0.2) is 36.5 Å². The number of rotatable bonds is 4. The van der Waals surface area contributed by atoms with E-state index in [4.69, 9.17) is 0 Å². The normalized spacial score (nSPS) is 12.4. The van der Waals surface area contributed by atoms with Crippen molar-refractivity contribution in [2.75, 3.05) is 0 Å². The third kappa shape index (κ3) is 3.14. The van der Waals surface area contributed by atoms with Crippen LogP contribution >= 0.6 is 0 Å². The van der Waals surface area contributed by atoms with Gasteiger partial charge >= 0.3 is 0 Å². The fraction of sp³-hybridized carbons (Fsp3) is 0.333. The van der Waals surface area contributed by atoms with E-state index in [-0.39, 0.29) is 0 Å². The Hall–Kier alpha value is -1.74. The molecule has 18 heavy (non-hydrogen) atoms. The lowest BCUT2D eigenvalue weighted by molar-refractivity contribution is 0.561. The van der Waals surface area contributed by atoms with Crippen molar-refractivity contribution in [3.05, 3.63) is 58.9 Å². The Kier molecular flexibility index (Phi) is 4.05. The second kappa shape index (κ2) is 5.74. The summed E-state index contributed by atoms with van der Waals surface area (Å²) in [6.45, 7) is 7.19. The molecule has 2 aromatic rings. The first-order valence-electron chi connectivity index (χ1n) is 6.24. The van der Waals surface area contributed by atoms with Gasteiger partial charge in [-0.25, -0.2) is 0 Å². The summed E-state index contributed by atoms with van der Waals surface area (Å²) in [7, 11) is 0. The highest BCUT2D eigenvalue weighted by molar-refractivity contribution is 5.32. The molecule has 0 radical (unpaired) electrons. The largest absolute Gasteiger partial charge is 0.304 e. The van der Waals surface area contributed by atoms with Crippen LogP contribution in [0.4, 0.5) is 0 Å². The summed E-state index contributed by atoms with van der Waals surface area (Å²) in [6.07, 6.45) is 1.69. The van der Waals surface area contributed by atoms with Gasteiger partial charge in [0.25, 0.3) is 0 Å². The third-order valence-electron chi connectivity index (χ3n) is 3.11. The molecular weight excluding hydrogens is 222 g/mol. The van der Waals surface area contributed by atoms with E-state index in [1.165, 1.54) is 16.7 Å². The number of nitrogens with zero attached hydrogens (tertiary/aromatic N) is 2. The molecule has 1 aromatic heterocycles. The van der Waals surface area contributed by atoms with E-state index in [0.29, 0.717) is 6.04 Å². The van der Waals surface area contributed by atoms with Crippen LogP contribution in [-0.4, -0.2) is 10.2 Å². The Morgan fingerprint density at radius 1 is 1.22 bits per heavy atom. The Morgan fingerprint density at radius 3 is 2.72 bits per heavy atom. The first kappa shape index (κ1) is 12.7. The SMILES string of the molecule is Cc1ccc(C(C)NCc2cccnn2)c(C)c1. The number of hydrogen-bond donors (Lipinski definition) is 1. The summed E-state index contributed by atoms with van der Waals surface area (Å²) in [4.78, 5) is 0. The van der Waals surface area contributed by atoms with E-state index in [9.17, 15) is 0 Å². The maximum absolute atomic E-state index is 4.07. The summed E-state index contributed by atoms with van der Waals surface area (Å²) in [5.74, 6) is 0. The molecule has 0 spiro atoms. The average Bonchev–Trinajstić information content (AvgIpc) is 2.37. The van der Waals surface area contributed by atoms with Gasteiger partial charge in [-0.3, -0.25) is 0 Å². The molecule has 3 nitrogen and oxygen atoms in total. The van der Waals surface area contributed by atoms with Crippen molar-refractivity contribution < 1.29 is 0 Å². The van der Waals surface area contributed by atoms with Crippen molar-refractivity contribution in [2.45, 2.75) is 33.4 Å². The predicted molar refractivity (Wildman–Crippen MR) is 73.2 cm³/mol. The van der Waals surface area contributed by atoms with E-state index in [1.54, 1.807) is 6.20 Å². The second-order valence-electron chi connectivity index (χ2n) is 4.68.